The molecule has 1 N–H and O–H groups in total. The molecule has 1 aliphatic rings. The number of carboxylic acids is 1. The van der Waals surface area contributed by atoms with Gasteiger partial charge in [-0.05, 0) is 54.6 Å². The van der Waals surface area contributed by atoms with Crippen LogP contribution in [0, 0.1) is 0 Å². The molecule has 144 valence electrons. The smallest absolute Gasteiger partial charge is 0.341 e. The predicted molar refractivity (Wildman–Crippen MR) is 106 cm³/mol. The van der Waals surface area contributed by atoms with Crippen LogP contribution >= 0.6 is 11.8 Å². The molecule has 1 saturated heterocycles. The molecule has 0 atom stereocenters. The molecule has 1 fully saturated rings. The lowest BCUT2D eigenvalue weighted by Crippen LogP contribution is -2.27. The third-order valence-electron chi connectivity index (χ3n) is 3.72. The fourth-order valence-electron chi connectivity index (χ4n) is 2.56. The van der Waals surface area contributed by atoms with Crippen LogP contribution in [0.25, 0.3) is 6.08 Å². The number of benzene rings is 2. The number of carbonyl (C=O) groups excluding carboxylic acids is 2. The van der Waals surface area contributed by atoms with Crippen molar-refractivity contribution in [3.63, 3.8) is 0 Å². The summed E-state index contributed by atoms with van der Waals surface area (Å²) in [5.74, 6) is -0.843. The fourth-order valence-corrected chi connectivity index (χ4v) is 3.40. The van der Waals surface area contributed by atoms with Crippen molar-refractivity contribution in [1.29, 1.82) is 0 Å². The van der Waals surface area contributed by atoms with Gasteiger partial charge in [-0.3, -0.25) is 9.59 Å². The second kappa shape index (κ2) is 8.62. The third-order valence-corrected chi connectivity index (χ3v) is 4.59. The molecule has 0 unspecified atom stereocenters. The van der Waals surface area contributed by atoms with Crippen molar-refractivity contribution in [2.24, 2.45) is 0 Å². The molecule has 0 spiro atoms. The largest absolute Gasteiger partial charge is 0.490 e. The summed E-state index contributed by atoms with van der Waals surface area (Å²) in [5, 5.41) is 8.39. The van der Waals surface area contributed by atoms with Gasteiger partial charge in [0.05, 0.1) is 17.2 Å². The Labute approximate surface area is 165 Å². The Kier molecular flexibility index (Phi) is 6.00. The first-order valence-electron chi connectivity index (χ1n) is 8.44. The second-order valence-corrected chi connectivity index (χ2v) is 6.67. The van der Waals surface area contributed by atoms with Gasteiger partial charge in [0.15, 0.2) is 18.1 Å². The zero-order valence-electron chi connectivity index (χ0n) is 15.0. The van der Waals surface area contributed by atoms with Gasteiger partial charge in [0.1, 0.15) is 0 Å². The van der Waals surface area contributed by atoms with Crippen LogP contribution in [0.5, 0.6) is 11.5 Å². The lowest BCUT2D eigenvalue weighted by atomic mass is 10.1. The Morgan fingerprint density at radius 2 is 1.86 bits per heavy atom. The number of para-hydroxylation sites is 1. The second-order valence-electron chi connectivity index (χ2n) is 5.67. The minimum absolute atomic E-state index is 0.288. The maximum absolute atomic E-state index is 12.7. The van der Waals surface area contributed by atoms with Gasteiger partial charge in [0.2, 0.25) is 0 Å². The van der Waals surface area contributed by atoms with Gasteiger partial charge in [-0.15, -0.1) is 0 Å². The van der Waals surface area contributed by atoms with E-state index in [0.29, 0.717) is 29.4 Å². The predicted octanol–water partition coefficient (Wildman–Crippen LogP) is 3.79. The van der Waals surface area contributed by atoms with E-state index in [2.05, 4.69) is 0 Å². The summed E-state index contributed by atoms with van der Waals surface area (Å²) in [6.45, 7) is 1.66. The van der Waals surface area contributed by atoms with Crippen LogP contribution in [0.1, 0.15) is 12.5 Å². The minimum atomic E-state index is -1.10. The fraction of sp³-hybridized carbons (Fsp3) is 0.150. The van der Waals surface area contributed by atoms with Crippen LogP contribution in [-0.4, -0.2) is 35.4 Å². The number of rotatable bonds is 7. The molecule has 0 saturated carbocycles. The van der Waals surface area contributed by atoms with Crippen LogP contribution in [0.4, 0.5) is 10.5 Å². The first-order valence-corrected chi connectivity index (χ1v) is 9.25. The average Bonchev–Trinajstić information content (AvgIpc) is 2.95. The van der Waals surface area contributed by atoms with Crippen molar-refractivity contribution in [3.8, 4) is 11.5 Å². The highest BCUT2D eigenvalue weighted by Crippen LogP contribution is 2.37. The number of nitrogens with zero attached hydrogens (tertiary/aromatic N) is 1. The van der Waals surface area contributed by atoms with Gasteiger partial charge in [-0.25, -0.2) is 9.69 Å². The maximum Gasteiger partial charge on any atom is 0.341 e. The first-order chi connectivity index (χ1) is 13.5. The van der Waals surface area contributed by atoms with E-state index < -0.39 is 18.5 Å². The van der Waals surface area contributed by atoms with Crippen molar-refractivity contribution >= 4 is 40.6 Å². The third kappa shape index (κ3) is 4.34. The summed E-state index contributed by atoms with van der Waals surface area (Å²) >= 11 is 0.858. The zero-order valence-corrected chi connectivity index (χ0v) is 15.8. The van der Waals surface area contributed by atoms with E-state index in [1.54, 1.807) is 55.5 Å². The van der Waals surface area contributed by atoms with Crippen LogP contribution < -0.4 is 14.4 Å². The maximum atomic E-state index is 12.7. The highest BCUT2D eigenvalue weighted by molar-refractivity contribution is 8.19. The zero-order chi connectivity index (χ0) is 20.1. The number of hydrogen-bond acceptors (Lipinski definition) is 6. The van der Waals surface area contributed by atoms with Crippen molar-refractivity contribution in [2.75, 3.05) is 18.1 Å². The summed E-state index contributed by atoms with van der Waals surface area (Å²) in [4.78, 5) is 37.1. The van der Waals surface area contributed by atoms with Gasteiger partial charge in [0.25, 0.3) is 11.1 Å². The molecule has 2 amide bonds. The summed E-state index contributed by atoms with van der Waals surface area (Å²) < 4.78 is 10.7. The molecule has 0 aromatic heterocycles. The van der Waals surface area contributed by atoms with E-state index in [1.807, 2.05) is 6.07 Å². The standard InChI is InChI=1S/C20H17NO6S/c1-2-26-16-10-13(8-9-15(16)27-12-18(22)23)11-17-19(24)21(20(25)28-17)14-6-4-3-5-7-14/h3-11H,2,12H2,1H3,(H,22,23)/b17-11-. The number of aliphatic carboxylic acids is 1. The number of hydrogen-bond donors (Lipinski definition) is 1. The number of ether oxygens (including phenoxy) is 2. The van der Waals surface area contributed by atoms with E-state index in [0.717, 1.165) is 16.7 Å². The Bertz CT molecular complexity index is 941. The number of imide groups is 1. The SMILES string of the molecule is CCOc1cc(/C=C2\SC(=O)N(c3ccccc3)C2=O)ccc1OCC(=O)O. The van der Waals surface area contributed by atoms with Crippen LogP contribution in [0.15, 0.2) is 53.4 Å². The Balaban J connectivity index is 1.86. The molecule has 2 aromatic carbocycles. The first kappa shape index (κ1) is 19.5. The lowest BCUT2D eigenvalue weighted by molar-refractivity contribution is -0.139. The molecule has 0 aliphatic carbocycles. The summed E-state index contributed by atoms with van der Waals surface area (Å²) in [7, 11) is 0. The molecule has 7 nitrogen and oxygen atoms in total. The number of carboxylic acid groups (broad SMARTS) is 1. The minimum Gasteiger partial charge on any atom is -0.490 e. The quantitative estimate of drug-likeness (QED) is 0.708. The van der Waals surface area contributed by atoms with Crippen molar-refractivity contribution in [3.05, 3.63) is 59.0 Å². The van der Waals surface area contributed by atoms with E-state index in [4.69, 9.17) is 14.6 Å². The topological polar surface area (TPSA) is 93.1 Å². The van der Waals surface area contributed by atoms with Crippen molar-refractivity contribution in [2.45, 2.75) is 6.92 Å². The Morgan fingerprint density at radius 1 is 1.11 bits per heavy atom. The van der Waals surface area contributed by atoms with Gasteiger partial charge in [-0.2, -0.15) is 0 Å². The van der Waals surface area contributed by atoms with Crippen molar-refractivity contribution < 1.29 is 29.0 Å². The molecule has 1 aliphatic heterocycles. The summed E-state index contributed by atoms with van der Waals surface area (Å²) in [6.07, 6.45) is 1.59. The number of carbonyl (C=O) groups is 3. The molecule has 28 heavy (non-hydrogen) atoms. The molecule has 2 aromatic rings. The van der Waals surface area contributed by atoms with Gasteiger partial charge >= 0.3 is 5.97 Å². The van der Waals surface area contributed by atoms with Gasteiger partial charge < -0.3 is 14.6 Å². The number of amides is 2. The van der Waals surface area contributed by atoms with Crippen LogP contribution in [0.2, 0.25) is 0 Å². The summed E-state index contributed by atoms with van der Waals surface area (Å²) in [5.41, 5.74) is 1.14. The lowest BCUT2D eigenvalue weighted by Gasteiger charge is -2.12. The van der Waals surface area contributed by atoms with E-state index >= 15 is 0 Å². The van der Waals surface area contributed by atoms with Crippen LogP contribution in [0.3, 0.4) is 0 Å². The molecule has 3 rings (SSSR count). The molecule has 8 heteroatoms. The average molecular weight is 399 g/mol. The molecule has 0 bridgehead atoms. The number of thioether (sulfide) groups is 1. The molecular weight excluding hydrogens is 382 g/mol. The normalized spacial score (nSPS) is 15.2. The molecular formula is C20H17NO6S. The Hall–Kier alpha value is -3.26. The van der Waals surface area contributed by atoms with Gasteiger partial charge in [0, 0.05) is 0 Å². The van der Waals surface area contributed by atoms with E-state index in [-0.39, 0.29) is 10.1 Å². The highest BCUT2D eigenvalue weighted by Gasteiger charge is 2.36. The van der Waals surface area contributed by atoms with Crippen LogP contribution in [-0.2, 0) is 9.59 Å². The molecule has 0 radical (unpaired) electrons. The van der Waals surface area contributed by atoms with Crippen molar-refractivity contribution in [1.82, 2.24) is 0 Å². The molecule has 1 heterocycles. The summed E-state index contributed by atoms with van der Waals surface area (Å²) in [6, 6.07) is 13.6. The van der Waals surface area contributed by atoms with E-state index in [9.17, 15) is 14.4 Å². The highest BCUT2D eigenvalue weighted by atomic mass is 32.2. The number of anilines is 1. The Morgan fingerprint density at radius 3 is 2.54 bits per heavy atom. The monoisotopic (exact) mass is 399 g/mol. The van der Waals surface area contributed by atoms with Gasteiger partial charge in [-0.1, -0.05) is 24.3 Å². The van der Waals surface area contributed by atoms with E-state index in [1.165, 1.54) is 0 Å².